The molecule has 0 radical (unpaired) electrons. The molecule has 1 N–H and O–H groups in total. The molecule has 1 aromatic rings. The highest BCUT2D eigenvalue weighted by molar-refractivity contribution is 5.58. The molecule has 0 amide bonds. The molecule has 1 heterocycles. The van der Waals surface area contributed by atoms with E-state index in [4.69, 9.17) is 4.74 Å². The third kappa shape index (κ3) is 3.02. The summed E-state index contributed by atoms with van der Waals surface area (Å²) in [6.45, 7) is 1.26. The summed E-state index contributed by atoms with van der Waals surface area (Å²) >= 11 is 0. The smallest absolute Gasteiger partial charge is 0.269 e. The molecule has 19 heavy (non-hydrogen) atoms. The van der Waals surface area contributed by atoms with Crippen LogP contribution < -0.4 is 4.90 Å². The molecule has 2 rings (SSSR count). The van der Waals surface area contributed by atoms with E-state index in [1.165, 1.54) is 12.1 Å². The fourth-order valence-electron chi connectivity index (χ4n) is 2.43. The monoisotopic (exact) mass is 266 g/mol. The van der Waals surface area contributed by atoms with Crippen molar-refractivity contribution >= 4 is 11.4 Å². The van der Waals surface area contributed by atoms with Crippen LogP contribution >= 0.6 is 0 Å². The van der Waals surface area contributed by atoms with Gasteiger partial charge in [-0.3, -0.25) is 10.1 Å². The summed E-state index contributed by atoms with van der Waals surface area (Å²) in [4.78, 5) is 12.4. The van der Waals surface area contributed by atoms with Gasteiger partial charge in [0.2, 0.25) is 0 Å². The largest absolute Gasteiger partial charge is 0.392 e. The van der Waals surface area contributed by atoms with Crippen LogP contribution in [0.2, 0.25) is 0 Å². The predicted molar refractivity (Wildman–Crippen MR) is 71.3 cm³/mol. The van der Waals surface area contributed by atoms with Gasteiger partial charge in [0.15, 0.2) is 0 Å². The number of benzene rings is 1. The lowest BCUT2D eigenvalue weighted by atomic mass is 10.0. The van der Waals surface area contributed by atoms with E-state index in [-0.39, 0.29) is 12.3 Å². The van der Waals surface area contributed by atoms with E-state index in [0.717, 1.165) is 31.7 Å². The van der Waals surface area contributed by atoms with E-state index >= 15 is 0 Å². The number of non-ortho nitro benzene ring substituents is 1. The predicted octanol–water partition coefficient (Wildman–Crippen LogP) is 1.70. The number of hydrogen-bond acceptors (Lipinski definition) is 5. The van der Waals surface area contributed by atoms with E-state index in [9.17, 15) is 15.2 Å². The molecule has 0 aromatic heterocycles. The Morgan fingerprint density at radius 2 is 2.16 bits per heavy atom. The van der Waals surface area contributed by atoms with Crippen molar-refractivity contribution < 1.29 is 14.8 Å². The molecule has 0 unspecified atom stereocenters. The standard InChI is InChI=1S/C13H18N2O4/c1-14(11-4-6-19-7-5-11)13-3-2-12(15(17)18)8-10(13)9-16/h2-3,8,11,16H,4-7,9H2,1H3. The fourth-order valence-corrected chi connectivity index (χ4v) is 2.43. The van der Waals surface area contributed by atoms with Gasteiger partial charge in [-0.2, -0.15) is 0 Å². The van der Waals surface area contributed by atoms with Crippen LogP contribution in [-0.4, -0.2) is 36.3 Å². The highest BCUT2D eigenvalue weighted by atomic mass is 16.6. The fraction of sp³-hybridized carbons (Fsp3) is 0.538. The summed E-state index contributed by atoms with van der Waals surface area (Å²) in [5.74, 6) is 0. The SMILES string of the molecule is CN(c1ccc([N+](=O)[O-])cc1CO)C1CCOCC1. The molecule has 1 aliphatic rings. The first-order chi connectivity index (χ1) is 9.13. The molecule has 0 saturated carbocycles. The summed E-state index contributed by atoms with van der Waals surface area (Å²) in [5, 5.41) is 20.1. The van der Waals surface area contributed by atoms with Crippen LogP contribution in [0.25, 0.3) is 0 Å². The number of aliphatic hydroxyl groups is 1. The summed E-state index contributed by atoms with van der Waals surface area (Å²) in [7, 11) is 1.95. The molecule has 1 saturated heterocycles. The van der Waals surface area contributed by atoms with Gasteiger partial charge in [0.05, 0.1) is 11.5 Å². The van der Waals surface area contributed by atoms with Gasteiger partial charge in [-0.15, -0.1) is 0 Å². The summed E-state index contributed by atoms with van der Waals surface area (Å²) in [5.41, 5.74) is 1.44. The van der Waals surface area contributed by atoms with E-state index in [1.54, 1.807) is 6.07 Å². The second kappa shape index (κ2) is 5.99. The number of nitrogens with zero attached hydrogens (tertiary/aromatic N) is 2. The van der Waals surface area contributed by atoms with Crippen molar-refractivity contribution in [2.75, 3.05) is 25.2 Å². The Morgan fingerprint density at radius 1 is 1.47 bits per heavy atom. The van der Waals surface area contributed by atoms with Crippen molar-refractivity contribution in [1.82, 2.24) is 0 Å². The van der Waals surface area contributed by atoms with Crippen molar-refractivity contribution in [3.63, 3.8) is 0 Å². The molecule has 6 heteroatoms. The van der Waals surface area contributed by atoms with Gasteiger partial charge in [-0.25, -0.2) is 0 Å². The molecular formula is C13H18N2O4. The number of nitro benzene ring substituents is 1. The highest BCUT2D eigenvalue weighted by Crippen LogP contribution is 2.28. The highest BCUT2D eigenvalue weighted by Gasteiger charge is 2.21. The summed E-state index contributed by atoms with van der Waals surface area (Å²) in [6, 6.07) is 4.97. The Balaban J connectivity index is 2.25. The van der Waals surface area contributed by atoms with Crippen molar-refractivity contribution in [3.05, 3.63) is 33.9 Å². The van der Waals surface area contributed by atoms with Gasteiger partial charge < -0.3 is 14.7 Å². The number of aliphatic hydroxyl groups excluding tert-OH is 1. The Hall–Kier alpha value is -1.66. The maximum absolute atomic E-state index is 10.7. The second-order valence-electron chi connectivity index (χ2n) is 4.68. The second-order valence-corrected chi connectivity index (χ2v) is 4.68. The van der Waals surface area contributed by atoms with Crippen LogP contribution in [-0.2, 0) is 11.3 Å². The van der Waals surface area contributed by atoms with Crippen LogP contribution in [0.15, 0.2) is 18.2 Å². The zero-order chi connectivity index (χ0) is 13.8. The van der Waals surface area contributed by atoms with E-state index in [1.807, 2.05) is 7.05 Å². The topological polar surface area (TPSA) is 75.8 Å². The lowest BCUT2D eigenvalue weighted by Crippen LogP contribution is -2.37. The van der Waals surface area contributed by atoms with Gasteiger partial charge in [0, 0.05) is 49.7 Å². The number of rotatable bonds is 4. The van der Waals surface area contributed by atoms with Crippen molar-refractivity contribution in [1.29, 1.82) is 0 Å². The molecule has 104 valence electrons. The van der Waals surface area contributed by atoms with Gasteiger partial charge >= 0.3 is 0 Å². The van der Waals surface area contributed by atoms with E-state index in [0.29, 0.717) is 11.6 Å². The molecule has 0 atom stereocenters. The summed E-state index contributed by atoms with van der Waals surface area (Å²) < 4.78 is 5.33. The third-order valence-corrected chi connectivity index (χ3v) is 3.56. The molecule has 0 spiro atoms. The van der Waals surface area contributed by atoms with E-state index < -0.39 is 4.92 Å². The quantitative estimate of drug-likeness (QED) is 0.663. The molecule has 1 fully saturated rings. The molecule has 1 aliphatic heterocycles. The Bertz CT molecular complexity index is 458. The average Bonchev–Trinajstić information content (AvgIpc) is 2.46. The lowest BCUT2D eigenvalue weighted by Gasteiger charge is -2.33. The molecule has 0 aliphatic carbocycles. The minimum Gasteiger partial charge on any atom is -0.392 e. The van der Waals surface area contributed by atoms with Crippen molar-refractivity contribution in [2.24, 2.45) is 0 Å². The van der Waals surface area contributed by atoms with Gasteiger partial charge in [-0.05, 0) is 18.9 Å². The normalized spacial score (nSPS) is 16.3. The molecule has 6 nitrogen and oxygen atoms in total. The Kier molecular flexibility index (Phi) is 4.34. The summed E-state index contributed by atoms with van der Waals surface area (Å²) in [6.07, 6.45) is 1.86. The number of ether oxygens (including phenoxy) is 1. The first-order valence-corrected chi connectivity index (χ1v) is 6.32. The van der Waals surface area contributed by atoms with Crippen molar-refractivity contribution in [2.45, 2.75) is 25.5 Å². The lowest BCUT2D eigenvalue weighted by molar-refractivity contribution is -0.384. The maximum atomic E-state index is 10.7. The van der Waals surface area contributed by atoms with Crippen LogP contribution in [0.4, 0.5) is 11.4 Å². The zero-order valence-electron chi connectivity index (χ0n) is 10.9. The molecule has 0 bridgehead atoms. The van der Waals surface area contributed by atoms with E-state index in [2.05, 4.69) is 4.90 Å². The van der Waals surface area contributed by atoms with Gasteiger partial charge in [-0.1, -0.05) is 0 Å². The Morgan fingerprint density at radius 3 is 2.74 bits per heavy atom. The van der Waals surface area contributed by atoms with Crippen molar-refractivity contribution in [3.8, 4) is 0 Å². The van der Waals surface area contributed by atoms with Gasteiger partial charge in [0.1, 0.15) is 0 Å². The minimum atomic E-state index is -0.447. The number of nitro groups is 1. The van der Waals surface area contributed by atoms with Crippen LogP contribution in [0, 0.1) is 10.1 Å². The minimum absolute atomic E-state index is 0.00757. The van der Waals surface area contributed by atoms with Gasteiger partial charge in [0.25, 0.3) is 5.69 Å². The number of anilines is 1. The molecular weight excluding hydrogens is 248 g/mol. The first-order valence-electron chi connectivity index (χ1n) is 6.32. The maximum Gasteiger partial charge on any atom is 0.269 e. The number of hydrogen-bond donors (Lipinski definition) is 1. The van der Waals surface area contributed by atoms with Crippen LogP contribution in [0.3, 0.4) is 0 Å². The Labute approximate surface area is 111 Å². The van der Waals surface area contributed by atoms with Crippen LogP contribution in [0.1, 0.15) is 18.4 Å². The zero-order valence-corrected chi connectivity index (χ0v) is 10.9. The van der Waals surface area contributed by atoms with Crippen LogP contribution in [0.5, 0.6) is 0 Å². The average molecular weight is 266 g/mol. The third-order valence-electron chi connectivity index (χ3n) is 3.56. The molecule has 1 aromatic carbocycles. The first kappa shape index (κ1) is 13.8.